The van der Waals surface area contributed by atoms with Gasteiger partial charge in [-0.2, -0.15) is 0 Å². The molecule has 2 atom stereocenters. The molecule has 1 N–H and O–H groups in total. The number of hydrogen-bond donors (Lipinski definition) is 1. The molecule has 0 fully saturated rings. The Morgan fingerprint density at radius 1 is 1.36 bits per heavy atom. The first kappa shape index (κ1) is 10.7. The number of carbonyl (C=O) groups excluding carboxylic acids is 1. The van der Waals surface area contributed by atoms with E-state index in [0.29, 0.717) is 0 Å². The van der Waals surface area contributed by atoms with Crippen LogP contribution >= 0.6 is 0 Å². The Morgan fingerprint density at radius 3 is 2.36 bits per heavy atom. The lowest BCUT2D eigenvalue weighted by molar-refractivity contribution is -0.144. The topological polar surface area (TPSA) is 46.5 Å². The lowest BCUT2D eigenvalue weighted by Gasteiger charge is -2.17. The fourth-order valence-corrected chi connectivity index (χ4v) is 1.40. The van der Waals surface area contributed by atoms with Crippen LogP contribution in [0, 0.1) is 0 Å². The first-order valence-corrected chi connectivity index (χ1v) is 4.47. The minimum absolute atomic E-state index is 0.411. The Kier molecular flexibility index (Phi) is 3.65. The molecule has 2 unspecified atom stereocenters. The summed E-state index contributed by atoms with van der Waals surface area (Å²) in [4.78, 5) is 11.4. The molecule has 0 aliphatic heterocycles. The molecule has 0 amide bonds. The van der Waals surface area contributed by atoms with E-state index in [1.54, 1.807) is 19.1 Å². The van der Waals surface area contributed by atoms with Gasteiger partial charge in [0.15, 0.2) is 0 Å². The van der Waals surface area contributed by atoms with Gasteiger partial charge in [-0.1, -0.05) is 30.3 Å². The maximum atomic E-state index is 11.4. The maximum absolute atomic E-state index is 11.4. The molecule has 1 aromatic carbocycles. The highest BCUT2D eigenvalue weighted by atomic mass is 16.5. The van der Waals surface area contributed by atoms with E-state index in [2.05, 4.69) is 4.74 Å². The molecule has 1 aromatic rings. The van der Waals surface area contributed by atoms with Gasteiger partial charge in [-0.25, -0.2) is 0 Å². The van der Waals surface area contributed by atoms with E-state index in [0.717, 1.165) is 5.56 Å². The van der Waals surface area contributed by atoms with Gasteiger partial charge in [-0.3, -0.25) is 4.79 Å². The van der Waals surface area contributed by atoms with Crippen molar-refractivity contribution >= 4 is 5.97 Å². The van der Waals surface area contributed by atoms with Crippen LogP contribution < -0.4 is 0 Å². The lowest BCUT2D eigenvalue weighted by Crippen LogP contribution is -2.24. The summed E-state index contributed by atoms with van der Waals surface area (Å²) in [5.74, 6) is -1.01. The summed E-state index contributed by atoms with van der Waals surface area (Å²) in [6, 6.07) is 9.11. The number of benzene rings is 1. The molecule has 3 nitrogen and oxygen atoms in total. The van der Waals surface area contributed by atoms with Crippen LogP contribution in [-0.2, 0) is 9.53 Å². The zero-order valence-electron chi connectivity index (χ0n) is 8.31. The molecule has 0 aromatic heterocycles. The monoisotopic (exact) mass is 194 g/mol. The van der Waals surface area contributed by atoms with Crippen LogP contribution in [0.4, 0.5) is 0 Å². The number of esters is 1. The van der Waals surface area contributed by atoms with Gasteiger partial charge in [-0.15, -0.1) is 0 Å². The van der Waals surface area contributed by atoms with E-state index in [4.69, 9.17) is 0 Å². The molecular weight excluding hydrogens is 180 g/mol. The fraction of sp³-hybridized carbons (Fsp3) is 0.364. The summed E-state index contributed by atoms with van der Waals surface area (Å²) in [5, 5.41) is 9.47. The van der Waals surface area contributed by atoms with Crippen molar-refractivity contribution in [2.45, 2.75) is 18.9 Å². The summed E-state index contributed by atoms with van der Waals surface area (Å²) in [5.41, 5.74) is 0.773. The first-order chi connectivity index (χ1) is 6.66. The number of methoxy groups -OCH3 is 1. The minimum Gasteiger partial charge on any atom is -0.468 e. The van der Waals surface area contributed by atoms with Crippen molar-refractivity contribution in [3.63, 3.8) is 0 Å². The number of aliphatic hydroxyl groups excluding tert-OH is 1. The quantitative estimate of drug-likeness (QED) is 0.738. The summed E-state index contributed by atoms with van der Waals surface area (Å²) in [6.07, 6.45) is -0.746. The van der Waals surface area contributed by atoms with Crippen molar-refractivity contribution in [1.29, 1.82) is 0 Å². The zero-order valence-corrected chi connectivity index (χ0v) is 8.31. The summed E-state index contributed by atoms with van der Waals surface area (Å²) in [7, 11) is 1.32. The normalized spacial score (nSPS) is 14.5. The summed E-state index contributed by atoms with van der Waals surface area (Å²) >= 11 is 0. The number of carbonyl (C=O) groups is 1. The van der Waals surface area contributed by atoms with Crippen molar-refractivity contribution in [3.8, 4) is 0 Å². The third-order valence-electron chi connectivity index (χ3n) is 2.10. The van der Waals surface area contributed by atoms with Gasteiger partial charge in [-0.05, 0) is 12.5 Å². The van der Waals surface area contributed by atoms with Gasteiger partial charge >= 0.3 is 5.97 Å². The van der Waals surface area contributed by atoms with Crippen LogP contribution in [0.3, 0.4) is 0 Å². The lowest BCUT2D eigenvalue weighted by atomic mass is 9.94. The highest BCUT2D eigenvalue weighted by molar-refractivity contribution is 5.78. The first-order valence-electron chi connectivity index (χ1n) is 4.47. The molecule has 0 saturated heterocycles. The van der Waals surface area contributed by atoms with Gasteiger partial charge in [0.05, 0.1) is 13.2 Å². The van der Waals surface area contributed by atoms with Crippen molar-refractivity contribution < 1.29 is 14.6 Å². The Morgan fingerprint density at radius 2 is 1.93 bits per heavy atom. The van der Waals surface area contributed by atoms with Gasteiger partial charge in [0, 0.05) is 0 Å². The van der Waals surface area contributed by atoms with E-state index in [-0.39, 0.29) is 0 Å². The van der Waals surface area contributed by atoms with Gasteiger partial charge in [0.2, 0.25) is 0 Å². The van der Waals surface area contributed by atoms with Crippen LogP contribution in [0.1, 0.15) is 18.4 Å². The molecule has 0 saturated carbocycles. The van der Waals surface area contributed by atoms with Gasteiger partial charge in [0.1, 0.15) is 5.92 Å². The van der Waals surface area contributed by atoms with Crippen LogP contribution in [0.15, 0.2) is 30.3 Å². The predicted octanol–water partition coefficient (Wildman–Crippen LogP) is 1.32. The highest BCUT2D eigenvalue weighted by Gasteiger charge is 2.25. The van der Waals surface area contributed by atoms with Crippen molar-refractivity contribution in [3.05, 3.63) is 35.9 Å². The third kappa shape index (κ3) is 2.33. The number of rotatable bonds is 3. The molecule has 0 aliphatic carbocycles. The molecule has 0 aliphatic rings. The Labute approximate surface area is 83.3 Å². The van der Waals surface area contributed by atoms with Crippen LogP contribution in [0.2, 0.25) is 0 Å². The summed E-state index contributed by atoms with van der Waals surface area (Å²) in [6.45, 7) is 1.58. The van der Waals surface area contributed by atoms with Crippen LogP contribution in [0.25, 0.3) is 0 Å². The fourth-order valence-electron chi connectivity index (χ4n) is 1.40. The van der Waals surface area contributed by atoms with E-state index >= 15 is 0 Å². The standard InChI is InChI=1S/C11H14O3/c1-8(12)10(11(13)14-2)9-6-4-3-5-7-9/h3-8,10,12H,1-2H3. The minimum atomic E-state index is -0.746. The molecular formula is C11H14O3. The van der Waals surface area contributed by atoms with Crippen molar-refractivity contribution in [2.75, 3.05) is 7.11 Å². The Bertz CT molecular complexity index is 293. The number of ether oxygens (including phenoxy) is 1. The van der Waals surface area contributed by atoms with E-state index < -0.39 is 18.0 Å². The molecule has 14 heavy (non-hydrogen) atoms. The summed E-state index contributed by atoms with van der Waals surface area (Å²) < 4.78 is 4.63. The van der Waals surface area contributed by atoms with E-state index in [1.165, 1.54) is 7.11 Å². The molecule has 1 rings (SSSR count). The zero-order chi connectivity index (χ0) is 10.6. The second-order valence-electron chi connectivity index (χ2n) is 3.15. The Balaban J connectivity index is 2.95. The van der Waals surface area contributed by atoms with Crippen LogP contribution in [0.5, 0.6) is 0 Å². The van der Waals surface area contributed by atoms with E-state index in [9.17, 15) is 9.90 Å². The van der Waals surface area contributed by atoms with Crippen molar-refractivity contribution in [1.82, 2.24) is 0 Å². The van der Waals surface area contributed by atoms with E-state index in [1.807, 2.05) is 18.2 Å². The molecule has 0 spiro atoms. The molecule has 0 bridgehead atoms. The predicted molar refractivity (Wildman–Crippen MR) is 52.9 cm³/mol. The van der Waals surface area contributed by atoms with Gasteiger partial charge in [0.25, 0.3) is 0 Å². The average molecular weight is 194 g/mol. The largest absolute Gasteiger partial charge is 0.468 e. The average Bonchev–Trinajstić information content (AvgIpc) is 2.19. The van der Waals surface area contributed by atoms with Crippen molar-refractivity contribution in [2.24, 2.45) is 0 Å². The highest BCUT2D eigenvalue weighted by Crippen LogP contribution is 2.20. The number of aliphatic hydroxyl groups is 1. The molecule has 76 valence electrons. The number of hydrogen-bond acceptors (Lipinski definition) is 3. The van der Waals surface area contributed by atoms with Gasteiger partial charge < -0.3 is 9.84 Å². The molecule has 0 heterocycles. The molecule has 3 heteroatoms. The maximum Gasteiger partial charge on any atom is 0.315 e. The second-order valence-corrected chi connectivity index (χ2v) is 3.15. The third-order valence-corrected chi connectivity index (χ3v) is 2.10. The smallest absolute Gasteiger partial charge is 0.315 e. The molecule has 0 radical (unpaired) electrons. The Hall–Kier alpha value is -1.35. The van der Waals surface area contributed by atoms with Crippen LogP contribution in [-0.4, -0.2) is 24.3 Å². The SMILES string of the molecule is COC(=O)C(c1ccccc1)C(C)O. The second kappa shape index (κ2) is 4.77.